The van der Waals surface area contributed by atoms with Crippen LogP contribution in [0, 0.1) is 0 Å². The van der Waals surface area contributed by atoms with Gasteiger partial charge in [-0.1, -0.05) is 88.4 Å². The molecule has 0 amide bonds. The highest BCUT2D eigenvalue weighted by molar-refractivity contribution is 6.54. The molecule has 2 N–H and O–H groups in total. The van der Waals surface area contributed by atoms with Crippen LogP contribution in [-0.2, 0) is 20.4 Å². The number of carbonyl (C=O) groups excluding carboxylic acids is 2. The summed E-state index contributed by atoms with van der Waals surface area (Å²) < 4.78 is 0. The second-order valence-corrected chi connectivity index (χ2v) is 11.8. The van der Waals surface area contributed by atoms with Gasteiger partial charge in [-0.3, -0.25) is 14.6 Å². The molecule has 4 aromatic carbocycles. The molecule has 5 nitrogen and oxygen atoms in total. The molecular weight excluding hydrogens is 496 g/mol. The molecule has 0 aromatic heterocycles. The third-order valence-electron chi connectivity index (χ3n) is 8.69. The van der Waals surface area contributed by atoms with Crippen LogP contribution >= 0.6 is 0 Å². The number of allylic oxidation sites excluding steroid dienone is 5. The van der Waals surface area contributed by atoms with E-state index in [9.17, 15) is 14.7 Å². The van der Waals surface area contributed by atoms with Gasteiger partial charge in [0.05, 0.1) is 22.5 Å². The zero-order chi connectivity index (χ0) is 28.0. The predicted octanol–water partition coefficient (Wildman–Crippen LogP) is 7.53. The number of anilines is 1. The molecule has 5 heteroatoms. The van der Waals surface area contributed by atoms with Crippen LogP contribution in [0.3, 0.4) is 0 Å². The lowest BCUT2D eigenvalue weighted by molar-refractivity contribution is -0.131. The van der Waals surface area contributed by atoms with E-state index < -0.39 is 22.4 Å². The number of benzene rings is 4. The van der Waals surface area contributed by atoms with Crippen molar-refractivity contribution in [3.05, 3.63) is 119 Å². The minimum Gasteiger partial charge on any atom is -0.506 e. The van der Waals surface area contributed by atoms with E-state index in [1.165, 1.54) is 0 Å². The van der Waals surface area contributed by atoms with Crippen LogP contribution in [0.15, 0.2) is 113 Å². The molecule has 2 heterocycles. The van der Waals surface area contributed by atoms with Gasteiger partial charge in [0.2, 0.25) is 11.6 Å². The normalized spacial score (nSPS) is 20.9. The molecule has 1 aliphatic carbocycles. The fraction of sp³-hybridized carbons (Fsp3) is 0.171. The molecular formula is C35H28N2O3. The van der Waals surface area contributed by atoms with E-state index in [0.717, 1.165) is 49.7 Å². The zero-order valence-corrected chi connectivity index (χ0v) is 22.8. The van der Waals surface area contributed by atoms with Crippen LogP contribution in [0.2, 0.25) is 0 Å². The van der Waals surface area contributed by atoms with Crippen molar-refractivity contribution >= 4 is 50.2 Å². The summed E-state index contributed by atoms with van der Waals surface area (Å²) in [6, 6.07) is 24.4. The molecule has 0 saturated heterocycles. The highest BCUT2D eigenvalue weighted by Crippen LogP contribution is 2.48. The third-order valence-corrected chi connectivity index (χ3v) is 8.69. The first-order chi connectivity index (χ1) is 19.1. The molecule has 0 unspecified atom stereocenters. The van der Waals surface area contributed by atoms with Crippen LogP contribution in [0.4, 0.5) is 11.4 Å². The van der Waals surface area contributed by atoms with Crippen molar-refractivity contribution in [2.24, 2.45) is 4.99 Å². The Morgan fingerprint density at radius 1 is 0.725 bits per heavy atom. The summed E-state index contributed by atoms with van der Waals surface area (Å²) >= 11 is 0. The maximum Gasteiger partial charge on any atom is 0.237 e. The number of nitrogens with one attached hydrogen (secondary N) is 1. The van der Waals surface area contributed by atoms with E-state index in [2.05, 4.69) is 63.3 Å². The van der Waals surface area contributed by atoms with Crippen molar-refractivity contribution in [2.75, 3.05) is 5.32 Å². The largest absolute Gasteiger partial charge is 0.506 e. The van der Waals surface area contributed by atoms with Crippen LogP contribution in [-0.4, -0.2) is 22.4 Å². The Bertz CT molecular complexity index is 1970. The average Bonchev–Trinajstić information content (AvgIpc) is 3.44. The van der Waals surface area contributed by atoms with Crippen LogP contribution in [0.25, 0.3) is 21.5 Å². The van der Waals surface area contributed by atoms with Crippen molar-refractivity contribution in [3.63, 3.8) is 0 Å². The summed E-state index contributed by atoms with van der Waals surface area (Å²) in [6.45, 7) is 8.27. The third kappa shape index (κ3) is 3.24. The molecule has 0 saturated carbocycles. The Morgan fingerprint density at radius 2 is 1.35 bits per heavy atom. The smallest absolute Gasteiger partial charge is 0.237 e. The van der Waals surface area contributed by atoms with Crippen molar-refractivity contribution in [1.29, 1.82) is 0 Å². The predicted molar refractivity (Wildman–Crippen MR) is 161 cm³/mol. The van der Waals surface area contributed by atoms with Crippen LogP contribution < -0.4 is 5.32 Å². The van der Waals surface area contributed by atoms with Gasteiger partial charge in [0.15, 0.2) is 0 Å². The summed E-state index contributed by atoms with van der Waals surface area (Å²) in [7, 11) is 0. The SMILES string of the molecule is CC1(C)C(/C=C2\C(=O)C(=O)C(/C=C3\Nc4ccc5ccccc5c4C3(C)C)=C2O)=Nc2ccc3ccccc3c21. The number of hydrogen-bond donors (Lipinski definition) is 2. The molecule has 0 fully saturated rings. The van der Waals surface area contributed by atoms with E-state index in [4.69, 9.17) is 4.99 Å². The fourth-order valence-electron chi connectivity index (χ4n) is 6.48. The first kappa shape index (κ1) is 24.3. The summed E-state index contributed by atoms with van der Waals surface area (Å²) in [5.41, 5.74) is 4.36. The molecule has 0 radical (unpaired) electrons. The van der Waals surface area contributed by atoms with Gasteiger partial charge in [0.25, 0.3) is 0 Å². The van der Waals surface area contributed by atoms with Crippen LogP contribution in [0.5, 0.6) is 0 Å². The molecule has 40 heavy (non-hydrogen) atoms. The van der Waals surface area contributed by atoms with Gasteiger partial charge >= 0.3 is 0 Å². The number of nitrogens with zero attached hydrogens (tertiary/aromatic N) is 1. The molecule has 196 valence electrons. The Labute approximate surface area is 232 Å². The molecule has 0 atom stereocenters. The van der Waals surface area contributed by atoms with E-state index >= 15 is 0 Å². The summed E-state index contributed by atoms with van der Waals surface area (Å²) in [4.78, 5) is 31.3. The van der Waals surface area contributed by atoms with Gasteiger partial charge in [0.1, 0.15) is 5.76 Å². The molecule has 4 aromatic rings. The minimum absolute atomic E-state index is 0.00306. The maximum atomic E-state index is 13.2. The number of carbonyl (C=O) groups is 2. The number of Topliss-reactive ketones (excluding diaryl/α,β-unsaturated/α-hetero) is 2. The van der Waals surface area contributed by atoms with Crippen molar-refractivity contribution in [2.45, 2.75) is 38.5 Å². The van der Waals surface area contributed by atoms with Crippen LogP contribution in [0.1, 0.15) is 38.8 Å². The van der Waals surface area contributed by atoms with Gasteiger partial charge < -0.3 is 10.4 Å². The molecule has 0 bridgehead atoms. The Balaban J connectivity index is 1.31. The first-order valence-corrected chi connectivity index (χ1v) is 13.5. The number of fused-ring (bicyclic) bond motifs is 6. The number of aliphatic imine (C=N–C) groups is 1. The zero-order valence-electron chi connectivity index (χ0n) is 22.8. The van der Waals surface area contributed by atoms with E-state index in [-0.39, 0.29) is 16.9 Å². The quantitative estimate of drug-likeness (QED) is 0.210. The topological polar surface area (TPSA) is 78.8 Å². The highest BCUT2D eigenvalue weighted by atomic mass is 16.3. The van der Waals surface area contributed by atoms with E-state index in [1.807, 2.05) is 42.5 Å². The van der Waals surface area contributed by atoms with Crippen molar-refractivity contribution in [3.8, 4) is 0 Å². The molecule has 3 aliphatic rings. The summed E-state index contributed by atoms with van der Waals surface area (Å²) in [6.07, 6.45) is 3.22. The minimum atomic E-state index is -0.720. The monoisotopic (exact) mass is 524 g/mol. The van der Waals surface area contributed by atoms with E-state index in [0.29, 0.717) is 5.71 Å². The number of aliphatic hydroxyl groups is 1. The second kappa shape index (κ2) is 8.12. The Kier molecular flexibility index (Phi) is 4.93. The lowest BCUT2D eigenvalue weighted by atomic mass is 9.78. The number of rotatable bonds is 2. The highest BCUT2D eigenvalue weighted by Gasteiger charge is 2.42. The Hall–Kier alpha value is -4.77. The standard InChI is InChI=1S/C35H28N2O3/c1-34(2)27(36-25-15-13-19-9-5-7-11-21(19)29(25)34)17-23-31(38)24(33(40)32(23)39)18-28-35(3,4)30-22-12-8-6-10-20(22)14-16-26(30)37-28/h5-18,36,38H,1-4H3/b24-18-,27-17-. The molecule has 7 rings (SSSR count). The Morgan fingerprint density at radius 3 is 2.05 bits per heavy atom. The van der Waals surface area contributed by atoms with Gasteiger partial charge in [-0.05, 0) is 57.0 Å². The van der Waals surface area contributed by atoms with Gasteiger partial charge in [0, 0.05) is 22.2 Å². The average molecular weight is 525 g/mol. The van der Waals surface area contributed by atoms with Gasteiger partial charge in [-0.2, -0.15) is 0 Å². The van der Waals surface area contributed by atoms with Crippen molar-refractivity contribution in [1.82, 2.24) is 0 Å². The number of ketones is 2. The molecule has 2 aliphatic heterocycles. The fourth-order valence-corrected chi connectivity index (χ4v) is 6.48. The van der Waals surface area contributed by atoms with Gasteiger partial charge in [-0.25, -0.2) is 0 Å². The second-order valence-electron chi connectivity index (χ2n) is 11.8. The van der Waals surface area contributed by atoms with E-state index in [1.54, 1.807) is 12.2 Å². The maximum absolute atomic E-state index is 13.2. The number of aliphatic hydroxyl groups excluding tert-OH is 1. The lowest BCUT2D eigenvalue weighted by Gasteiger charge is -2.22. The van der Waals surface area contributed by atoms with Crippen molar-refractivity contribution < 1.29 is 14.7 Å². The number of hydrogen-bond acceptors (Lipinski definition) is 5. The molecule has 0 spiro atoms. The van der Waals surface area contributed by atoms with Gasteiger partial charge in [-0.15, -0.1) is 0 Å². The summed E-state index contributed by atoms with van der Waals surface area (Å²) in [5, 5.41) is 19.2. The lowest BCUT2D eigenvalue weighted by Crippen LogP contribution is -2.25. The summed E-state index contributed by atoms with van der Waals surface area (Å²) in [5.74, 6) is -1.74. The first-order valence-electron chi connectivity index (χ1n) is 13.5.